The van der Waals surface area contributed by atoms with Crippen LogP contribution >= 0.6 is 0 Å². The van der Waals surface area contributed by atoms with Gasteiger partial charge in [0.15, 0.2) is 0 Å². The highest BCUT2D eigenvalue weighted by Crippen LogP contribution is 2.68. The molecule has 4 saturated carbocycles. The van der Waals surface area contributed by atoms with E-state index in [4.69, 9.17) is 4.74 Å². The number of rotatable bonds is 3. The summed E-state index contributed by atoms with van der Waals surface area (Å²) in [6, 6.07) is 0. The standard InChI is InChI=1S/C24H40O5/c1-13(9-21(28)29-4)16-5-6-17-22-18(12-20(27)24(16,17)3)23(2)8-7-15(25)10-14(23)11-19(22)26/h13-20,22,25-27H,5-12H2,1-4H3/t13-,14-,15+,16+,17-,18-,19-,20-,22-,23+,24-/m1/s1. The Morgan fingerprint density at radius 1 is 1.07 bits per heavy atom. The van der Waals surface area contributed by atoms with Gasteiger partial charge < -0.3 is 20.1 Å². The maximum atomic E-state index is 11.9. The van der Waals surface area contributed by atoms with Crippen LogP contribution in [-0.2, 0) is 9.53 Å². The van der Waals surface area contributed by atoms with Crippen molar-refractivity contribution in [2.45, 2.75) is 90.4 Å². The summed E-state index contributed by atoms with van der Waals surface area (Å²) in [5.74, 6) is 1.42. The van der Waals surface area contributed by atoms with Crippen molar-refractivity contribution in [3.63, 3.8) is 0 Å². The van der Waals surface area contributed by atoms with Gasteiger partial charge in [0, 0.05) is 6.42 Å². The fraction of sp³-hybridized carbons (Fsp3) is 0.958. The van der Waals surface area contributed by atoms with Crippen LogP contribution in [0.4, 0.5) is 0 Å². The topological polar surface area (TPSA) is 87.0 Å². The van der Waals surface area contributed by atoms with E-state index in [-0.39, 0.29) is 46.8 Å². The number of aliphatic hydroxyl groups excluding tert-OH is 3. The molecule has 29 heavy (non-hydrogen) atoms. The lowest BCUT2D eigenvalue weighted by Gasteiger charge is -2.63. The molecule has 11 atom stereocenters. The Hall–Kier alpha value is -0.650. The van der Waals surface area contributed by atoms with Gasteiger partial charge in [0.25, 0.3) is 0 Å². The lowest BCUT2D eigenvalue weighted by molar-refractivity contribution is -0.207. The first-order valence-corrected chi connectivity index (χ1v) is 11.7. The number of hydrogen-bond acceptors (Lipinski definition) is 5. The Labute approximate surface area is 175 Å². The van der Waals surface area contributed by atoms with Gasteiger partial charge in [0.2, 0.25) is 0 Å². The van der Waals surface area contributed by atoms with Gasteiger partial charge in [-0.15, -0.1) is 0 Å². The molecule has 0 unspecified atom stereocenters. The number of methoxy groups -OCH3 is 1. The number of hydrogen-bond donors (Lipinski definition) is 3. The summed E-state index contributed by atoms with van der Waals surface area (Å²) in [6.45, 7) is 6.69. The van der Waals surface area contributed by atoms with E-state index in [1.807, 2.05) is 0 Å². The molecule has 3 N–H and O–H groups in total. The normalized spacial score (nSPS) is 52.8. The Kier molecular flexibility index (Phi) is 5.57. The van der Waals surface area contributed by atoms with Gasteiger partial charge in [0.1, 0.15) is 0 Å². The first-order valence-electron chi connectivity index (χ1n) is 11.7. The minimum atomic E-state index is -0.407. The molecule has 0 aromatic carbocycles. The maximum Gasteiger partial charge on any atom is 0.305 e. The monoisotopic (exact) mass is 408 g/mol. The molecule has 0 radical (unpaired) electrons. The number of aliphatic hydroxyl groups is 3. The van der Waals surface area contributed by atoms with Crippen molar-refractivity contribution in [1.29, 1.82) is 0 Å². The Bertz CT molecular complexity index is 637. The lowest BCUT2D eigenvalue weighted by Crippen LogP contribution is -2.62. The zero-order chi connectivity index (χ0) is 21.1. The lowest BCUT2D eigenvalue weighted by atomic mass is 9.43. The van der Waals surface area contributed by atoms with E-state index in [0.717, 1.165) is 44.9 Å². The van der Waals surface area contributed by atoms with Crippen molar-refractivity contribution in [1.82, 2.24) is 0 Å². The van der Waals surface area contributed by atoms with Crippen LogP contribution in [0.25, 0.3) is 0 Å². The van der Waals surface area contributed by atoms with Crippen molar-refractivity contribution in [3.8, 4) is 0 Å². The van der Waals surface area contributed by atoms with E-state index in [0.29, 0.717) is 24.2 Å². The molecule has 0 saturated heterocycles. The van der Waals surface area contributed by atoms with E-state index in [1.54, 1.807) is 0 Å². The Balaban J connectivity index is 1.62. The maximum absolute atomic E-state index is 11.9. The van der Waals surface area contributed by atoms with Crippen LogP contribution in [0.5, 0.6) is 0 Å². The first-order chi connectivity index (χ1) is 13.6. The van der Waals surface area contributed by atoms with Crippen molar-refractivity contribution in [2.75, 3.05) is 7.11 Å². The number of ether oxygens (including phenoxy) is 1. The van der Waals surface area contributed by atoms with Gasteiger partial charge in [-0.25, -0.2) is 0 Å². The Morgan fingerprint density at radius 3 is 2.48 bits per heavy atom. The zero-order valence-electron chi connectivity index (χ0n) is 18.5. The highest BCUT2D eigenvalue weighted by atomic mass is 16.5. The average molecular weight is 409 g/mol. The quantitative estimate of drug-likeness (QED) is 0.625. The van der Waals surface area contributed by atoms with Crippen LogP contribution in [0.1, 0.15) is 72.1 Å². The fourth-order valence-corrected chi connectivity index (χ4v) is 8.62. The van der Waals surface area contributed by atoms with Gasteiger partial charge in [-0.1, -0.05) is 20.8 Å². The molecule has 0 amide bonds. The van der Waals surface area contributed by atoms with E-state index in [2.05, 4.69) is 20.8 Å². The first kappa shape index (κ1) is 21.6. The molecular weight excluding hydrogens is 368 g/mol. The molecule has 0 aliphatic heterocycles. The second kappa shape index (κ2) is 7.49. The van der Waals surface area contributed by atoms with Crippen LogP contribution in [0.15, 0.2) is 0 Å². The number of fused-ring (bicyclic) bond motifs is 5. The molecule has 0 aromatic rings. The SMILES string of the molecule is COC(=O)C[C@@H](C)[C@@H]1CC[C@@H]2[C@H]3[C@H](O)C[C@H]4C[C@@H](O)CC[C@]4(C)[C@@H]3C[C@@H](O)[C@@]21C. The molecule has 4 aliphatic rings. The summed E-state index contributed by atoms with van der Waals surface area (Å²) in [7, 11) is 1.44. The minimum Gasteiger partial charge on any atom is -0.469 e. The molecule has 0 heterocycles. The largest absolute Gasteiger partial charge is 0.469 e. The van der Waals surface area contributed by atoms with Gasteiger partial charge in [-0.2, -0.15) is 0 Å². The van der Waals surface area contributed by atoms with E-state index in [9.17, 15) is 20.1 Å². The molecule has 0 aromatic heterocycles. The predicted molar refractivity (Wildman–Crippen MR) is 110 cm³/mol. The summed E-state index contributed by atoms with van der Waals surface area (Å²) >= 11 is 0. The van der Waals surface area contributed by atoms with Crippen molar-refractivity contribution < 1.29 is 24.9 Å². The Morgan fingerprint density at radius 2 is 1.79 bits per heavy atom. The molecule has 0 spiro atoms. The predicted octanol–water partition coefficient (Wildman–Crippen LogP) is 3.15. The molecule has 4 aliphatic carbocycles. The summed E-state index contributed by atoms with van der Waals surface area (Å²) < 4.78 is 4.90. The number of carbonyl (C=O) groups is 1. The van der Waals surface area contributed by atoms with E-state index >= 15 is 0 Å². The summed E-state index contributed by atoms with van der Waals surface area (Å²) in [6.07, 6.45) is 5.54. The summed E-state index contributed by atoms with van der Waals surface area (Å²) in [5.41, 5.74) is -0.159. The van der Waals surface area contributed by atoms with Crippen LogP contribution in [0.2, 0.25) is 0 Å². The molecule has 4 rings (SSSR count). The molecule has 166 valence electrons. The summed E-state index contributed by atoms with van der Waals surface area (Å²) in [4.78, 5) is 11.9. The number of esters is 1. The van der Waals surface area contributed by atoms with Crippen LogP contribution < -0.4 is 0 Å². The van der Waals surface area contributed by atoms with Gasteiger partial charge >= 0.3 is 5.97 Å². The highest BCUT2D eigenvalue weighted by Gasteiger charge is 2.65. The fourth-order valence-electron chi connectivity index (χ4n) is 8.62. The van der Waals surface area contributed by atoms with Crippen LogP contribution in [0, 0.1) is 46.3 Å². The average Bonchev–Trinajstić information content (AvgIpc) is 3.02. The second-order valence-electron chi connectivity index (χ2n) is 11.3. The third-order valence-corrected chi connectivity index (χ3v) is 10.2. The minimum absolute atomic E-state index is 0.0984. The van der Waals surface area contributed by atoms with Crippen molar-refractivity contribution >= 4 is 5.97 Å². The van der Waals surface area contributed by atoms with Gasteiger partial charge in [-0.05, 0) is 91.3 Å². The summed E-state index contributed by atoms with van der Waals surface area (Å²) in [5, 5.41) is 33.0. The van der Waals surface area contributed by atoms with E-state index in [1.165, 1.54) is 7.11 Å². The van der Waals surface area contributed by atoms with Crippen molar-refractivity contribution in [2.24, 2.45) is 46.3 Å². The third-order valence-electron chi connectivity index (χ3n) is 10.2. The molecule has 5 heteroatoms. The zero-order valence-corrected chi connectivity index (χ0v) is 18.5. The number of carbonyl (C=O) groups excluding carboxylic acids is 1. The van der Waals surface area contributed by atoms with Gasteiger partial charge in [-0.3, -0.25) is 4.79 Å². The van der Waals surface area contributed by atoms with Crippen molar-refractivity contribution in [3.05, 3.63) is 0 Å². The van der Waals surface area contributed by atoms with Crippen LogP contribution in [-0.4, -0.2) is 46.7 Å². The third kappa shape index (κ3) is 3.18. The van der Waals surface area contributed by atoms with Gasteiger partial charge in [0.05, 0.1) is 25.4 Å². The highest BCUT2D eigenvalue weighted by molar-refractivity contribution is 5.69. The van der Waals surface area contributed by atoms with Crippen LogP contribution in [0.3, 0.4) is 0 Å². The van der Waals surface area contributed by atoms with E-state index < -0.39 is 6.10 Å². The molecule has 0 bridgehead atoms. The molecule has 5 nitrogen and oxygen atoms in total. The second-order valence-corrected chi connectivity index (χ2v) is 11.3. The smallest absolute Gasteiger partial charge is 0.305 e. The molecule has 4 fully saturated rings. The molecular formula is C24H40O5.